The van der Waals surface area contributed by atoms with E-state index in [4.69, 9.17) is 0 Å². The van der Waals surface area contributed by atoms with Gasteiger partial charge in [-0.25, -0.2) is 4.79 Å². The van der Waals surface area contributed by atoms with E-state index < -0.39 is 29.5 Å². The van der Waals surface area contributed by atoms with Gasteiger partial charge < -0.3 is 15.5 Å². The van der Waals surface area contributed by atoms with Crippen LogP contribution in [0.3, 0.4) is 0 Å². The zero-order chi connectivity index (χ0) is 30.3. The summed E-state index contributed by atoms with van der Waals surface area (Å²) in [7, 11) is 0. The average molecular weight is 611 g/mol. The van der Waals surface area contributed by atoms with Crippen LogP contribution >= 0.6 is 11.3 Å². The molecule has 0 saturated heterocycles. The van der Waals surface area contributed by atoms with Gasteiger partial charge in [0.15, 0.2) is 0 Å². The average Bonchev–Trinajstić information content (AvgIpc) is 3.61. The highest BCUT2D eigenvalue weighted by molar-refractivity contribution is 7.15. The van der Waals surface area contributed by atoms with Gasteiger partial charge in [-0.15, -0.1) is 10.2 Å². The number of aryl methyl sites for hydroxylation is 1. The summed E-state index contributed by atoms with van der Waals surface area (Å²) in [6.45, 7) is 2.08. The van der Waals surface area contributed by atoms with Gasteiger partial charge in [0.1, 0.15) is 5.01 Å². The molecule has 1 unspecified atom stereocenters. The van der Waals surface area contributed by atoms with Crippen molar-refractivity contribution in [2.45, 2.75) is 83.5 Å². The molecular formula is C28H34F4N6O3S. The first kappa shape index (κ1) is 31.4. The molecule has 1 saturated carbocycles. The number of hydrogen-bond donors (Lipinski definition) is 3. The van der Waals surface area contributed by atoms with E-state index in [0.717, 1.165) is 49.2 Å². The summed E-state index contributed by atoms with van der Waals surface area (Å²) in [6, 6.07) is 3.81. The Kier molecular flexibility index (Phi) is 10.5. The number of carbonyl (C=O) groups is 3. The zero-order valence-corrected chi connectivity index (χ0v) is 24.0. The maximum Gasteiger partial charge on any atom is 0.416 e. The highest BCUT2D eigenvalue weighted by atomic mass is 32.1. The fourth-order valence-electron chi connectivity index (χ4n) is 5.22. The first-order chi connectivity index (χ1) is 20.0. The highest BCUT2D eigenvalue weighted by Gasteiger charge is 2.33. The molecule has 1 aromatic carbocycles. The van der Waals surface area contributed by atoms with Crippen LogP contribution in [-0.4, -0.2) is 45.5 Å². The van der Waals surface area contributed by atoms with Crippen LogP contribution in [-0.2, 0) is 28.7 Å². The normalized spacial score (nSPS) is 18.0. The van der Waals surface area contributed by atoms with Gasteiger partial charge >= 0.3 is 12.2 Å². The molecule has 4 amide bonds. The van der Waals surface area contributed by atoms with Crippen molar-refractivity contribution < 1.29 is 31.9 Å². The first-order valence-corrected chi connectivity index (χ1v) is 14.8. The van der Waals surface area contributed by atoms with E-state index in [1.54, 1.807) is 0 Å². The van der Waals surface area contributed by atoms with Crippen molar-refractivity contribution in [3.63, 3.8) is 0 Å². The lowest BCUT2D eigenvalue weighted by molar-refractivity contribution is -0.137. The number of nitrogens with one attached hydrogen (secondary N) is 3. The Morgan fingerprint density at radius 1 is 1.12 bits per heavy atom. The molecule has 0 spiro atoms. The summed E-state index contributed by atoms with van der Waals surface area (Å²) in [5.41, 5.74) is -0.422. The summed E-state index contributed by atoms with van der Waals surface area (Å²) >= 11 is 1.16. The van der Waals surface area contributed by atoms with Gasteiger partial charge in [0.25, 0.3) is 5.91 Å². The van der Waals surface area contributed by atoms with Gasteiger partial charge in [0, 0.05) is 38.4 Å². The van der Waals surface area contributed by atoms with Crippen LogP contribution in [0, 0.1) is 5.92 Å². The number of carbonyl (C=O) groups excluding carboxylic acids is 3. The number of hydrogen-bond acceptors (Lipinski definition) is 6. The lowest BCUT2D eigenvalue weighted by Gasteiger charge is -2.34. The van der Waals surface area contributed by atoms with Crippen molar-refractivity contribution in [1.82, 2.24) is 25.7 Å². The summed E-state index contributed by atoms with van der Waals surface area (Å²) in [6.07, 6.45) is 2.14. The topological polar surface area (TPSA) is 116 Å². The minimum absolute atomic E-state index is 0.0690. The minimum Gasteiger partial charge on any atom is -0.334 e. The number of benzene rings is 1. The molecule has 4 rings (SSSR count). The molecule has 42 heavy (non-hydrogen) atoms. The van der Waals surface area contributed by atoms with Gasteiger partial charge in [0.05, 0.1) is 11.3 Å². The molecule has 0 radical (unpaired) electrons. The number of amides is 4. The number of nitrogens with zero attached hydrogens (tertiary/aromatic N) is 3. The van der Waals surface area contributed by atoms with Crippen LogP contribution in [0.5, 0.6) is 0 Å². The van der Waals surface area contributed by atoms with Crippen LogP contribution in [0.4, 0.5) is 27.5 Å². The maximum absolute atomic E-state index is 14.8. The molecule has 1 aromatic heterocycles. The predicted octanol–water partition coefficient (Wildman–Crippen LogP) is 5.70. The Morgan fingerprint density at radius 3 is 2.62 bits per heavy atom. The van der Waals surface area contributed by atoms with Crippen LogP contribution in [0.15, 0.2) is 35.8 Å². The molecule has 1 aliphatic carbocycles. The molecule has 228 valence electrons. The third kappa shape index (κ3) is 8.73. The highest BCUT2D eigenvalue weighted by Crippen LogP contribution is 2.30. The van der Waals surface area contributed by atoms with Crippen molar-refractivity contribution in [2.75, 3.05) is 11.9 Å². The lowest BCUT2D eigenvalue weighted by Crippen LogP contribution is -2.45. The van der Waals surface area contributed by atoms with Gasteiger partial charge in [-0.05, 0) is 56.2 Å². The monoisotopic (exact) mass is 610 g/mol. The van der Waals surface area contributed by atoms with E-state index in [1.807, 2.05) is 6.92 Å². The summed E-state index contributed by atoms with van der Waals surface area (Å²) < 4.78 is 53.4. The second-order valence-electron chi connectivity index (χ2n) is 10.7. The van der Waals surface area contributed by atoms with Gasteiger partial charge in [-0.1, -0.05) is 36.3 Å². The van der Waals surface area contributed by atoms with Gasteiger partial charge in [-0.3, -0.25) is 14.9 Å². The molecule has 1 atom stereocenters. The predicted molar refractivity (Wildman–Crippen MR) is 149 cm³/mol. The van der Waals surface area contributed by atoms with Gasteiger partial charge in [0.2, 0.25) is 16.9 Å². The van der Waals surface area contributed by atoms with E-state index in [9.17, 15) is 31.9 Å². The molecule has 1 aliphatic heterocycles. The van der Waals surface area contributed by atoms with Gasteiger partial charge in [-0.2, -0.15) is 17.6 Å². The standard InChI is InChI=1S/C28H34F4N6O3S/c1-17-13-21(34-22(39)15-18-7-2-3-8-18)24(29)25(40)38(17)12-5-4-11-23-36-37-27(42-23)35-26(41)33-16-19-9-6-10-20(14-19)28(30,31)32/h6,9-10,14,17-18H,2-5,7-8,11-13,15-16H2,1H3,(H,34,39)(H2,33,35,37,41). The van der Waals surface area contributed by atoms with E-state index in [0.29, 0.717) is 48.7 Å². The Morgan fingerprint density at radius 2 is 1.88 bits per heavy atom. The molecule has 9 nitrogen and oxygen atoms in total. The molecular weight excluding hydrogens is 576 g/mol. The van der Waals surface area contributed by atoms with Crippen molar-refractivity contribution in [2.24, 2.45) is 5.92 Å². The third-order valence-corrected chi connectivity index (χ3v) is 8.32. The van der Waals surface area contributed by atoms with E-state index in [2.05, 4.69) is 26.1 Å². The first-order valence-electron chi connectivity index (χ1n) is 14.0. The summed E-state index contributed by atoms with van der Waals surface area (Å²) in [4.78, 5) is 38.6. The third-order valence-electron chi connectivity index (χ3n) is 7.42. The van der Waals surface area contributed by atoms with Crippen LogP contribution in [0.25, 0.3) is 0 Å². The summed E-state index contributed by atoms with van der Waals surface area (Å²) in [5, 5.41) is 16.5. The lowest BCUT2D eigenvalue weighted by atomic mass is 10.0. The number of aromatic nitrogens is 2. The molecule has 2 heterocycles. The Labute approximate surface area is 245 Å². The second-order valence-corrected chi connectivity index (χ2v) is 11.8. The van der Waals surface area contributed by atoms with E-state index in [1.165, 1.54) is 17.0 Å². The number of rotatable bonds is 11. The molecule has 0 bridgehead atoms. The largest absolute Gasteiger partial charge is 0.416 e. The Balaban J connectivity index is 1.17. The van der Waals surface area contributed by atoms with Crippen LogP contribution in [0.1, 0.15) is 74.4 Å². The molecule has 2 aromatic rings. The zero-order valence-electron chi connectivity index (χ0n) is 23.2. The number of alkyl halides is 3. The van der Waals surface area contributed by atoms with Crippen molar-refractivity contribution in [3.8, 4) is 0 Å². The SMILES string of the molecule is CC1CC(NC(=O)CC2CCCC2)=C(F)C(=O)N1CCCCc1nnc(NC(=O)NCc2cccc(C(F)(F)F)c2)s1. The van der Waals surface area contributed by atoms with Crippen LogP contribution < -0.4 is 16.0 Å². The van der Waals surface area contributed by atoms with Crippen LogP contribution in [0.2, 0.25) is 0 Å². The quantitative estimate of drug-likeness (QED) is 0.223. The fourth-order valence-corrected chi connectivity index (χ4v) is 6.00. The number of anilines is 1. The smallest absolute Gasteiger partial charge is 0.334 e. The summed E-state index contributed by atoms with van der Waals surface area (Å²) in [5.74, 6) is -1.53. The maximum atomic E-state index is 14.8. The van der Waals surface area contributed by atoms with E-state index >= 15 is 0 Å². The molecule has 1 fully saturated rings. The van der Waals surface area contributed by atoms with Crippen molar-refractivity contribution >= 4 is 34.3 Å². The molecule has 2 aliphatic rings. The van der Waals surface area contributed by atoms with E-state index in [-0.39, 0.29) is 35.7 Å². The fraction of sp³-hybridized carbons (Fsp3) is 0.536. The Hall–Kier alpha value is -3.55. The van der Waals surface area contributed by atoms with Crippen molar-refractivity contribution in [3.05, 3.63) is 51.9 Å². The number of urea groups is 1. The van der Waals surface area contributed by atoms with Crippen molar-refractivity contribution in [1.29, 1.82) is 0 Å². The number of halogens is 4. The number of unbranched alkanes of at least 4 members (excludes halogenated alkanes) is 1. The molecule has 3 N–H and O–H groups in total. The molecule has 14 heteroatoms. The minimum atomic E-state index is -4.47. The Bertz CT molecular complexity index is 1310. The second kappa shape index (κ2) is 14.1.